The zero-order valence-electron chi connectivity index (χ0n) is 10.2. The normalized spacial score (nSPS) is 9.88. The predicted molar refractivity (Wildman–Crippen MR) is 65.2 cm³/mol. The maximum Gasteiger partial charge on any atom is 0.317 e. The van der Waals surface area contributed by atoms with Crippen LogP contribution in [0.1, 0.15) is 33.6 Å². The van der Waals surface area contributed by atoms with Crippen LogP contribution in [0.2, 0.25) is 0 Å². The number of aldehydes is 1. The predicted octanol–water partition coefficient (Wildman–Crippen LogP) is 1.91. The topological polar surface area (TPSA) is 80.4 Å². The minimum Gasteiger partial charge on any atom is -0.480 e. The van der Waals surface area contributed by atoms with Gasteiger partial charge in [0.1, 0.15) is 6.29 Å². The Morgan fingerprint density at radius 3 is 2.12 bits per heavy atom. The molecule has 0 saturated carbocycles. The molecule has 0 radical (unpaired) electrons. The number of nitrogens with two attached hydrogens (primary N) is 1. The van der Waals surface area contributed by atoms with Gasteiger partial charge in [-0.1, -0.05) is 17.2 Å². The first kappa shape index (κ1) is 17.0. The summed E-state index contributed by atoms with van der Waals surface area (Å²) >= 11 is 0. The molecule has 4 heteroatoms. The van der Waals surface area contributed by atoms with E-state index in [4.69, 9.17) is 5.11 Å². The quantitative estimate of drug-likeness (QED) is 0.427. The molecular formula is C12H21NO3. The van der Waals surface area contributed by atoms with Crippen molar-refractivity contribution in [2.24, 2.45) is 5.73 Å². The highest BCUT2D eigenvalue weighted by molar-refractivity contribution is 5.68. The highest BCUT2D eigenvalue weighted by Crippen LogP contribution is 2.05. The van der Waals surface area contributed by atoms with Crippen LogP contribution in [-0.2, 0) is 9.59 Å². The third kappa shape index (κ3) is 18.4. The molecule has 0 aliphatic heterocycles. The Kier molecular flexibility index (Phi) is 12.4. The average Bonchev–Trinajstić information content (AvgIpc) is 2.18. The van der Waals surface area contributed by atoms with Crippen LogP contribution in [0, 0.1) is 0 Å². The Hall–Kier alpha value is -1.42. The molecule has 0 fully saturated rings. The second kappa shape index (κ2) is 11.7. The van der Waals surface area contributed by atoms with Crippen LogP contribution in [0.15, 0.2) is 23.3 Å². The standard InChI is InChI=1S/C10H16O.C2H5NO2/c1-9(2)5-4-6-10(3)7-8-11;3-1-2(4)5/h5,7-8H,4,6H2,1-3H3;1,3H2,(H,4,5)/b10-7-;. The van der Waals surface area contributed by atoms with Crippen molar-refractivity contribution >= 4 is 12.3 Å². The summed E-state index contributed by atoms with van der Waals surface area (Å²) in [5.74, 6) is -0.968. The monoisotopic (exact) mass is 227 g/mol. The Labute approximate surface area is 96.8 Å². The van der Waals surface area contributed by atoms with Gasteiger partial charge in [-0.25, -0.2) is 0 Å². The van der Waals surface area contributed by atoms with E-state index >= 15 is 0 Å². The van der Waals surface area contributed by atoms with Gasteiger partial charge in [0.25, 0.3) is 0 Å². The van der Waals surface area contributed by atoms with Gasteiger partial charge in [0.05, 0.1) is 6.54 Å². The van der Waals surface area contributed by atoms with Crippen LogP contribution in [-0.4, -0.2) is 23.9 Å². The number of hydrogen-bond donors (Lipinski definition) is 2. The lowest BCUT2D eigenvalue weighted by Gasteiger charge is -1.94. The second-order valence-electron chi connectivity index (χ2n) is 3.57. The van der Waals surface area contributed by atoms with Gasteiger partial charge in [-0.3, -0.25) is 9.59 Å². The van der Waals surface area contributed by atoms with E-state index in [1.54, 1.807) is 6.08 Å². The summed E-state index contributed by atoms with van der Waals surface area (Å²) < 4.78 is 0. The van der Waals surface area contributed by atoms with E-state index < -0.39 is 5.97 Å². The van der Waals surface area contributed by atoms with Gasteiger partial charge >= 0.3 is 5.97 Å². The Bertz CT molecular complexity index is 263. The third-order valence-corrected chi connectivity index (χ3v) is 1.62. The van der Waals surface area contributed by atoms with Crippen molar-refractivity contribution in [3.05, 3.63) is 23.3 Å². The highest BCUT2D eigenvalue weighted by Gasteiger charge is 1.86. The lowest BCUT2D eigenvalue weighted by Crippen LogP contribution is -2.10. The molecule has 92 valence electrons. The number of aliphatic carboxylic acids is 1. The maximum atomic E-state index is 10.0. The van der Waals surface area contributed by atoms with Gasteiger partial charge in [-0.05, 0) is 39.7 Å². The van der Waals surface area contributed by atoms with Crippen molar-refractivity contribution in [1.29, 1.82) is 0 Å². The first-order chi connectivity index (χ1) is 7.43. The molecule has 0 heterocycles. The van der Waals surface area contributed by atoms with E-state index in [0.717, 1.165) is 24.7 Å². The highest BCUT2D eigenvalue weighted by atomic mass is 16.4. The fraction of sp³-hybridized carbons (Fsp3) is 0.500. The van der Waals surface area contributed by atoms with Crippen LogP contribution < -0.4 is 5.73 Å². The van der Waals surface area contributed by atoms with Crippen molar-refractivity contribution in [2.75, 3.05) is 6.54 Å². The molecule has 0 aromatic heterocycles. The molecule has 0 atom stereocenters. The van der Waals surface area contributed by atoms with E-state index in [9.17, 15) is 9.59 Å². The fourth-order valence-electron chi connectivity index (χ4n) is 0.788. The van der Waals surface area contributed by atoms with Crippen LogP contribution >= 0.6 is 0 Å². The zero-order chi connectivity index (χ0) is 13.0. The number of allylic oxidation sites excluding steroid dienone is 4. The molecule has 0 aromatic rings. The van der Waals surface area contributed by atoms with Gasteiger partial charge in [-0.15, -0.1) is 0 Å². The van der Waals surface area contributed by atoms with E-state index in [1.165, 1.54) is 5.57 Å². The number of rotatable bonds is 5. The number of carboxylic acids is 1. The minimum atomic E-state index is -0.968. The van der Waals surface area contributed by atoms with E-state index in [1.807, 2.05) is 6.92 Å². The summed E-state index contributed by atoms with van der Waals surface area (Å²) in [6, 6.07) is 0. The summed E-state index contributed by atoms with van der Waals surface area (Å²) in [6.07, 6.45) is 6.68. The van der Waals surface area contributed by atoms with Gasteiger partial charge in [0, 0.05) is 0 Å². The second-order valence-corrected chi connectivity index (χ2v) is 3.57. The molecule has 0 unspecified atom stereocenters. The smallest absolute Gasteiger partial charge is 0.317 e. The van der Waals surface area contributed by atoms with Crippen molar-refractivity contribution < 1.29 is 14.7 Å². The Balaban J connectivity index is 0. The molecule has 16 heavy (non-hydrogen) atoms. The van der Waals surface area contributed by atoms with Crippen LogP contribution in [0.4, 0.5) is 0 Å². The van der Waals surface area contributed by atoms with E-state index in [0.29, 0.717) is 0 Å². The largest absolute Gasteiger partial charge is 0.480 e. The molecule has 3 N–H and O–H groups in total. The third-order valence-electron chi connectivity index (χ3n) is 1.62. The summed E-state index contributed by atoms with van der Waals surface area (Å²) in [4.78, 5) is 19.3. The van der Waals surface area contributed by atoms with Gasteiger partial charge in [-0.2, -0.15) is 0 Å². The molecule has 0 aliphatic carbocycles. The zero-order valence-corrected chi connectivity index (χ0v) is 10.2. The van der Waals surface area contributed by atoms with Crippen LogP contribution in [0.25, 0.3) is 0 Å². The van der Waals surface area contributed by atoms with Gasteiger partial charge in [0.15, 0.2) is 0 Å². The van der Waals surface area contributed by atoms with Crippen molar-refractivity contribution in [1.82, 2.24) is 0 Å². The number of carbonyl (C=O) groups is 2. The Morgan fingerprint density at radius 1 is 1.31 bits per heavy atom. The van der Waals surface area contributed by atoms with Crippen LogP contribution in [0.3, 0.4) is 0 Å². The molecule has 0 bridgehead atoms. The molecule has 4 nitrogen and oxygen atoms in total. The fourth-order valence-corrected chi connectivity index (χ4v) is 0.788. The molecule has 0 spiro atoms. The van der Waals surface area contributed by atoms with Crippen molar-refractivity contribution in [3.63, 3.8) is 0 Å². The van der Waals surface area contributed by atoms with Crippen molar-refractivity contribution in [2.45, 2.75) is 33.6 Å². The van der Waals surface area contributed by atoms with Crippen molar-refractivity contribution in [3.8, 4) is 0 Å². The number of hydrogen-bond acceptors (Lipinski definition) is 3. The summed E-state index contributed by atoms with van der Waals surface area (Å²) in [7, 11) is 0. The average molecular weight is 227 g/mol. The first-order valence-electron chi connectivity index (χ1n) is 5.10. The summed E-state index contributed by atoms with van der Waals surface area (Å²) in [5.41, 5.74) is 7.06. The van der Waals surface area contributed by atoms with Crippen LogP contribution in [0.5, 0.6) is 0 Å². The minimum absolute atomic E-state index is 0.278. The Morgan fingerprint density at radius 2 is 1.81 bits per heavy atom. The molecule has 0 rings (SSSR count). The van der Waals surface area contributed by atoms with Gasteiger partial charge in [0.2, 0.25) is 0 Å². The molecule has 0 saturated heterocycles. The lowest BCUT2D eigenvalue weighted by molar-refractivity contribution is -0.135. The molecule has 0 aliphatic rings. The maximum absolute atomic E-state index is 10.0. The first-order valence-corrected chi connectivity index (χ1v) is 5.10. The van der Waals surface area contributed by atoms with E-state index in [2.05, 4.69) is 25.7 Å². The van der Waals surface area contributed by atoms with Gasteiger partial charge < -0.3 is 10.8 Å². The number of carbonyl (C=O) groups excluding carboxylic acids is 1. The molecular weight excluding hydrogens is 206 g/mol. The summed E-state index contributed by atoms with van der Waals surface area (Å²) in [6.45, 7) is 5.87. The summed E-state index contributed by atoms with van der Waals surface area (Å²) in [5, 5.41) is 7.60. The molecule has 0 amide bonds. The number of carboxylic acid groups (broad SMARTS) is 1. The SMILES string of the molecule is CC(C)=CCC/C(C)=C\C=O.NCC(=O)O. The lowest BCUT2D eigenvalue weighted by atomic mass is 10.1. The van der Waals surface area contributed by atoms with E-state index in [-0.39, 0.29) is 6.54 Å². The molecule has 0 aromatic carbocycles.